The number of aryl methyl sites for hydroxylation is 1. The van der Waals surface area contributed by atoms with Crippen LogP contribution in [0, 0.1) is 6.92 Å². The van der Waals surface area contributed by atoms with Crippen LogP contribution >= 0.6 is 11.3 Å². The molecule has 5 rings (SSSR count). The number of nitrogens with one attached hydrogen (secondary N) is 1. The number of hydrogen-bond acceptors (Lipinski definition) is 4. The van der Waals surface area contributed by atoms with Crippen molar-refractivity contribution in [2.45, 2.75) is 25.9 Å². The van der Waals surface area contributed by atoms with Crippen molar-refractivity contribution >= 4 is 33.0 Å². The summed E-state index contributed by atoms with van der Waals surface area (Å²) in [6, 6.07) is 23.6. The molecule has 0 saturated heterocycles. The predicted octanol–water partition coefficient (Wildman–Crippen LogP) is 4.12. The van der Waals surface area contributed by atoms with Crippen LogP contribution in [0.5, 0.6) is 0 Å². The van der Waals surface area contributed by atoms with E-state index in [1.807, 2.05) is 89.5 Å². The highest BCUT2D eigenvalue weighted by Crippen LogP contribution is 2.24. The van der Waals surface area contributed by atoms with Crippen molar-refractivity contribution in [3.63, 3.8) is 0 Å². The molecule has 1 N–H and O–H groups in total. The van der Waals surface area contributed by atoms with Crippen LogP contribution < -0.4 is 10.9 Å². The fourth-order valence-electron chi connectivity index (χ4n) is 4.07. The van der Waals surface area contributed by atoms with Crippen molar-refractivity contribution in [2.24, 2.45) is 0 Å². The van der Waals surface area contributed by atoms with Crippen LogP contribution in [0.1, 0.15) is 23.0 Å². The lowest BCUT2D eigenvalue weighted by Crippen LogP contribution is -2.37. The van der Waals surface area contributed by atoms with Gasteiger partial charge in [0.2, 0.25) is 5.91 Å². The van der Waals surface area contributed by atoms with E-state index in [1.165, 1.54) is 4.68 Å². The topological polar surface area (TPSA) is 68.4 Å². The highest BCUT2D eigenvalue weighted by Gasteiger charge is 2.18. The molecule has 7 heteroatoms. The molecule has 1 atom stereocenters. The maximum absolute atomic E-state index is 13.0. The fourth-order valence-corrected chi connectivity index (χ4v) is 5.01. The number of rotatable bonds is 6. The molecule has 0 aliphatic heterocycles. The summed E-state index contributed by atoms with van der Waals surface area (Å²) >= 11 is 1.57. The average molecular weight is 443 g/mol. The van der Waals surface area contributed by atoms with Gasteiger partial charge in [0.25, 0.3) is 5.56 Å². The number of aromatic nitrogens is 3. The van der Waals surface area contributed by atoms with Gasteiger partial charge in [0.1, 0.15) is 22.7 Å². The molecule has 0 spiro atoms. The molecule has 6 nitrogen and oxygen atoms in total. The van der Waals surface area contributed by atoms with Gasteiger partial charge in [-0.15, -0.1) is 11.3 Å². The number of thiophene rings is 1. The maximum Gasteiger partial charge on any atom is 0.291 e. The van der Waals surface area contributed by atoms with Crippen LogP contribution in [0.2, 0.25) is 0 Å². The van der Waals surface area contributed by atoms with Crippen LogP contribution in [0.4, 0.5) is 0 Å². The van der Waals surface area contributed by atoms with Crippen LogP contribution in [-0.4, -0.2) is 20.1 Å². The molecule has 2 aromatic carbocycles. The molecule has 160 valence electrons. The zero-order valence-corrected chi connectivity index (χ0v) is 18.4. The van der Waals surface area contributed by atoms with E-state index in [1.54, 1.807) is 11.3 Å². The van der Waals surface area contributed by atoms with Gasteiger partial charge in [-0.1, -0.05) is 60.7 Å². The summed E-state index contributed by atoms with van der Waals surface area (Å²) < 4.78 is 3.12. The summed E-state index contributed by atoms with van der Waals surface area (Å²) in [4.78, 5) is 27.0. The molecule has 1 amide bonds. The normalized spacial score (nSPS) is 12.3. The Morgan fingerprint density at radius 3 is 2.53 bits per heavy atom. The van der Waals surface area contributed by atoms with Crippen LogP contribution in [0.3, 0.4) is 0 Å². The van der Waals surface area contributed by atoms with Crippen molar-refractivity contribution in [2.75, 3.05) is 0 Å². The number of carbonyl (C=O) groups excluding carboxylic acids is 1. The number of benzene rings is 2. The number of fused-ring (bicyclic) bond motifs is 3. The fraction of sp³-hybridized carbons (Fsp3) is 0.160. The number of amides is 1. The molecule has 0 aliphatic carbocycles. The van der Waals surface area contributed by atoms with Gasteiger partial charge >= 0.3 is 0 Å². The first-order valence-corrected chi connectivity index (χ1v) is 11.3. The minimum absolute atomic E-state index is 0.132. The highest BCUT2D eigenvalue weighted by molar-refractivity contribution is 7.16. The largest absolute Gasteiger partial charge is 0.347 e. The molecule has 0 radical (unpaired) electrons. The molecule has 0 aliphatic rings. The van der Waals surface area contributed by atoms with E-state index in [9.17, 15) is 9.59 Å². The van der Waals surface area contributed by atoms with E-state index in [4.69, 9.17) is 0 Å². The van der Waals surface area contributed by atoms with Gasteiger partial charge < -0.3 is 5.32 Å². The number of nitrogens with zero attached hydrogens (tertiary/aromatic N) is 3. The second-order valence-corrected chi connectivity index (χ2v) is 8.67. The standard InChI is InChI=1S/C25H22N4O2S/c1-17-27-28(24(31)22-15-20-12-13-32-25(20)29(17)22)16-23(30)26-21(19-10-6-3-7-11-19)14-18-8-4-2-5-9-18/h2-13,15,21H,14,16H2,1H3,(H,26,30). The van der Waals surface area contributed by atoms with Gasteiger partial charge in [0.05, 0.1) is 6.04 Å². The second-order valence-electron chi connectivity index (χ2n) is 7.78. The van der Waals surface area contributed by atoms with Crippen molar-refractivity contribution in [3.8, 4) is 0 Å². The summed E-state index contributed by atoms with van der Waals surface area (Å²) in [7, 11) is 0. The van der Waals surface area contributed by atoms with E-state index >= 15 is 0 Å². The first kappa shape index (κ1) is 20.2. The summed E-state index contributed by atoms with van der Waals surface area (Å²) in [5.74, 6) is 0.426. The van der Waals surface area contributed by atoms with E-state index in [0.717, 1.165) is 21.3 Å². The van der Waals surface area contributed by atoms with E-state index in [2.05, 4.69) is 10.4 Å². The average Bonchev–Trinajstić information content (AvgIpc) is 3.40. The molecule has 32 heavy (non-hydrogen) atoms. The Labute approximate surface area is 188 Å². The lowest BCUT2D eigenvalue weighted by Gasteiger charge is -2.20. The number of hydrogen-bond donors (Lipinski definition) is 1. The number of carbonyl (C=O) groups is 1. The Hall–Kier alpha value is -3.71. The monoisotopic (exact) mass is 442 g/mol. The quantitative estimate of drug-likeness (QED) is 0.430. The SMILES string of the molecule is Cc1nn(CC(=O)NC(Cc2ccccc2)c2ccccc2)c(=O)c2cc3ccsc3n12. The molecule has 3 heterocycles. The summed E-state index contributed by atoms with van der Waals surface area (Å²) in [6.07, 6.45) is 0.659. The van der Waals surface area contributed by atoms with E-state index in [-0.39, 0.29) is 24.1 Å². The molecule has 3 aromatic heterocycles. The maximum atomic E-state index is 13.0. The third-order valence-electron chi connectivity index (χ3n) is 5.57. The Balaban J connectivity index is 1.42. The zero-order valence-electron chi connectivity index (χ0n) is 17.6. The summed E-state index contributed by atoms with van der Waals surface area (Å²) in [5, 5.41) is 10.5. The van der Waals surface area contributed by atoms with Crippen LogP contribution in [0.25, 0.3) is 15.7 Å². The van der Waals surface area contributed by atoms with Crippen LogP contribution in [0.15, 0.2) is 83.0 Å². The predicted molar refractivity (Wildman–Crippen MR) is 127 cm³/mol. The Kier molecular flexibility index (Phi) is 5.33. The van der Waals surface area contributed by atoms with Crippen LogP contribution in [-0.2, 0) is 17.8 Å². The van der Waals surface area contributed by atoms with E-state index < -0.39 is 0 Å². The molecular formula is C25H22N4O2S. The molecule has 1 unspecified atom stereocenters. The van der Waals surface area contributed by atoms with Crippen molar-refractivity contribution in [3.05, 3.63) is 105 Å². The van der Waals surface area contributed by atoms with Gasteiger partial charge in [-0.25, -0.2) is 4.68 Å². The Morgan fingerprint density at radius 2 is 1.78 bits per heavy atom. The lowest BCUT2D eigenvalue weighted by molar-refractivity contribution is -0.122. The molecule has 0 bridgehead atoms. The summed E-state index contributed by atoms with van der Waals surface area (Å²) in [5.41, 5.74) is 2.41. The second kappa shape index (κ2) is 8.43. The minimum atomic E-state index is -0.270. The first-order chi connectivity index (χ1) is 15.6. The lowest BCUT2D eigenvalue weighted by atomic mass is 9.99. The first-order valence-electron chi connectivity index (χ1n) is 10.4. The van der Waals surface area contributed by atoms with Crippen molar-refractivity contribution in [1.29, 1.82) is 0 Å². The summed E-state index contributed by atoms with van der Waals surface area (Å²) in [6.45, 7) is 1.72. The third-order valence-corrected chi connectivity index (χ3v) is 6.48. The Bertz CT molecular complexity index is 1450. The highest BCUT2D eigenvalue weighted by atomic mass is 32.1. The Morgan fingerprint density at radius 1 is 1.06 bits per heavy atom. The van der Waals surface area contributed by atoms with Gasteiger partial charge in [-0.3, -0.25) is 14.0 Å². The van der Waals surface area contributed by atoms with Gasteiger partial charge in [0, 0.05) is 5.39 Å². The van der Waals surface area contributed by atoms with Gasteiger partial charge in [-0.05, 0) is 42.0 Å². The van der Waals surface area contributed by atoms with Crippen molar-refractivity contribution < 1.29 is 4.79 Å². The van der Waals surface area contributed by atoms with Gasteiger partial charge in [-0.2, -0.15) is 5.10 Å². The van der Waals surface area contributed by atoms with Gasteiger partial charge in [0.15, 0.2) is 0 Å². The molecule has 0 fully saturated rings. The molecule has 5 aromatic rings. The zero-order chi connectivity index (χ0) is 22.1. The molecule has 0 saturated carbocycles. The minimum Gasteiger partial charge on any atom is -0.347 e. The molecular weight excluding hydrogens is 420 g/mol. The van der Waals surface area contributed by atoms with E-state index in [0.29, 0.717) is 17.8 Å². The third kappa shape index (κ3) is 3.83. The smallest absolute Gasteiger partial charge is 0.291 e. The van der Waals surface area contributed by atoms with Crippen molar-refractivity contribution in [1.82, 2.24) is 19.5 Å².